The lowest BCUT2D eigenvalue weighted by molar-refractivity contribution is -0.125. The van der Waals surface area contributed by atoms with Crippen molar-refractivity contribution >= 4 is 11.6 Å². The van der Waals surface area contributed by atoms with E-state index in [1.165, 1.54) is 0 Å². The summed E-state index contributed by atoms with van der Waals surface area (Å²) < 4.78 is 5.62. The van der Waals surface area contributed by atoms with E-state index >= 15 is 0 Å². The van der Waals surface area contributed by atoms with Gasteiger partial charge in [-0.2, -0.15) is 0 Å². The highest BCUT2D eigenvalue weighted by atomic mass is 16.5. The number of aliphatic hydroxyl groups excluding tert-OH is 1. The van der Waals surface area contributed by atoms with E-state index in [1.54, 1.807) is 11.8 Å². The van der Waals surface area contributed by atoms with Gasteiger partial charge in [0.15, 0.2) is 11.9 Å². The van der Waals surface area contributed by atoms with E-state index < -0.39 is 6.10 Å². The minimum atomic E-state index is -0.414. The van der Waals surface area contributed by atoms with Crippen molar-refractivity contribution in [2.24, 2.45) is 0 Å². The van der Waals surface area contributed by atoms with Crippen LogP contribution in [0.4, 0.5) is 0 Å². The highest BCUT2D eigenvalue weighted by molar-refractivity contribution is 5.90. The number of carbonyl (C=O) groups excluding carboxylic acids is 1. The summed E-state index contributed by atoms with van der Waals surface area (Å²) in [6.07, 6.45) is 0.976. The van der Waals surface area contributed by atoms with E-state index in [2.05, 4.69) is 0 Å². The molecule has 1 aromatic rings. The number of aliphatic hydroxyl groups is 1. The number of ether oxygens (including phenoxy) is 1. The molecule has 3 rings (SSSR count). The van der Waals surface area contributed by atoms with Gasteiger partial charge in [0.25, 0.3) is 0 Å². The second kappa shape index (κ2) is 4.05. The molecule has 1 amide bonds. The summed E-state index contributed by atoms with van der Waals surface area (Å²) in [5.41, 5.74) is 1.41. The molecule has 0 spiro atoms. The normalized spacial score (nSPS) is 23.1. The van der Waals surface area contributed by atoms with Crippen LogP contribution in [0.5, 0.6) is 5.75 Å². The lowest BCUT2D eigenvalue weighted by Crippen LogP contribution is -2.31. The van der Waals surface area contributed by atoms with Crippen LogP contribution in [-0.2, 0) is 4.79 Å². The van der Waals surface area contributed by atoms with E-state index in [1.807, 2.05) is 24.3 Å². The van der Waals surface area contributed by atoms with Crippen LogP contribution in [0.15, 0.2) is 30.0 Å². The largest absolute Gasteiger partial charge is 0.506 e. The Morgan fingerprint density at radius 2 is 2.17 bits per heavy atom. The molecule has 1 N–H and O–H groups in total. The Hall–Kier alpha value is -1.97. The first-order valence-corrected chi connectivity index (χ1v) is 6.18. The van der Waals surface area contributed by atoms with Gasteiger partial charge in [0.1, 0.15) is 5.75 Å². The van der Waals surface area contributed by atoms with Crippen molar-refractivity contribution in [3.63, 3.8) is 0 Å². The van der Waals surface area contributed by atoms with Gasteiger partial charge in [-0.3, -0.25) is 4.79 Å². The van der Waals surface area contributed by atoms with Crippen molar-refractivity contribution in [1.82, 2.24) is 4.90 Å². The zero-order valence-electron chi connectivity index (χ0n) is 10.2. The maximum atomic E-state index is 11.9. The van der Waals surface area contributed by atoms with Gasteiger partial charge in [-0.05, 0) is 25.5 Å². The number of benzene rings is 1. The topological polar surface area (TPSA) is 49.8 Å². The monoisotopic (exact) mass is 245 g/mol. The molecule has 4 heteroatoms. The van der Waals surface area contributed by atoms with Crippen LogP contribution < -0.4 is 4.74 Å². The van der Waals surface area contributed by atoms with Gasteiger partial charge in [-0.15, -0.1) is 0 Å². The Bertz CT molecular complexity index is 536. The molecule has 0 aromatic heterocycles. The Morgan fingerprint density at radius 1 is 1.39 bits per heavy atom. The quantitative estimate of drug-likeness (QED) is 0.826. The number of hydrogen-bond donors (Lipinski definition) is 1. The predicted molar refractivity (Wildman–Crippen MR) is 67.0 cm³/mol. The average molecular weight is 245 g/mol. The van der Waals surface area contributed by atoms with Crippen LogP contribution >= 0.6 is 0 Å². The van der Waals surface area contributed by atoms with E-state index in [4.69, 9.17) is 4.74 Å². The van der Waals surface area contributed by atoms with Gasteiger partial charge >= 0.3 is 0 Å². The molecule has 1 atom stereocenters. The summed E-state index contributed by atoms with van der Waals surface area (Å²) in [4.78, 5) is 13.5. The van der Waals surface area contributed by atoms with Crippen LogP contribution in [0.2, 0.25) is 0 Å². The molecule has 1 saturated heterocycles. The fourth-order valence-electron chi connectivity index (χ4n) is 2.51. The van der Waals surface area contributed by atoms with Crippen LogP contribution in [0.25, 0.3) is 5.70 Å². The lowest BCUT2D eigenvalue weighted by Gasteiger charge is -2.30. The van der Waals surface area contributed by atoms with E-state index in [9.17, 15) is 9.90 Å². The molecule has 0 radical (unpaired) electrons. The summed E-state index contributed by atoms with van der Waals surface area (Å²) in [5, 5.41) is 10.2. The van der Waals surface area contributed by atoms with Crippen LogP contribution in [-0.4, -0.2) is 28.6 Å². The molecular weight excluding hydrogens is 230 g/mol. The van der Waals surface area contributed by atoms with Crippen molar-refractivity contribution in [3.05, 3.63) is 35.6 Å². The van der Waals surface area contributed by atoms with E-state index in [0.29, 0.717) is 18.7 Å². The molecule has 94 valence electrons. The summed E-state index contributed by atoms with van der Waals surface area (Å²) >= 11 is 0. The summed E-state index contributed by atoms with van der Waals surface area (Å²) in [5.74, 6) is 0.932. The first-order valence-electron chi connectivity index (χ1n) is 6.18. The number of rotatable bonds is 1. The second-order valence-electron chi connectivity index (χ2n) is 4.64. The minimum Gasteiger partial charge on any atom is -0.506 e. The summed E-state index contributed by atoms with van der Waals surface area (Å²) in [7, 11) is 0. The Balaban J connectivity index is 2.14. The molecule has 2 heterocycles. The third kappa shape index (κ3) is 1.56. The molecule has 18 heavy (non-hydrogen) atoms. The number of carbonyl (C=O) groups is 1. The first kappa shape index (κ1) is 11.1. The highest BCUT2D eigenvalue weighted by Crippen LogP contribution is 2.38. The molecule has 1 aromatic carbocycles. The third-order valence-electron chi connectivity index (χ3n) is 3.42. The van der Waals surface area contributed by atoms with Gasteiger partial charge in [-0.1, -0.05) is 12.1 Å². The maximum Gasteiger partial charge on any atom is 0.227 e. The van der Waals surface area contributed by atoms with Crippen molar-refractivity contribution in [1.29, 1.82) is 0 Å². The number of likely N-dealkylation sites (tertiary alicyclic amines) is 1. The smallest absolute Gasteiger partial charge is 0.227 e. The Kier molecular flexibility index (Phi) is 2.51. The molecule has 1 fully saturated rings. The third-order valence-corrected chi connectivity index (χ3v) is 3.42. The van der Waals surface area contributed by atoms with Crippen molar-refractivity contribution in [3.8, 4) is 5.75 Å². The van der Waals surface area contributed by atoms with E-state index in [-0.39, 0.29) is 11.7 Å². The molecule has 2 aliphatic heterocycles. The summed E-state index contributed by atoms with van der Waals surface area (Å²) in [6.45, 7) is 2.45. The number of para-hydroxylation sites is 1. The van der Waals surface area contributed by atoms with Gasteiger partial charge in [0, 0.05) is 18.5 Å². The van der Waals surface area contributed by atoms with Gasteiger partial charge < -0.3 is 14.7 Å². The average Bonchev–Trinajstić information content (AvgIpc) is 2.77. The van der Waals surface area contributed by atoms with Gasteiger partial charge in [-0.25, -0.2) is 0 Å². The molecular formula is C14H15NO3. The standard InChI is InChI=1S/C14H15NO3/c1-9-14(17)13(15-8-4-7-12(15)16)10-5-2-3-6-11(10)18-9/h2-3,5-6,9,17H,4,7-8H2,1H3. The van der Waals surface area contributed by atoms with Crippen molar-refractivity contribution in [2.45, 2.75) is 25.9 Å². The SMILES string of the molecule is CC1Oc2ccccc2C(N2CCCC2=O)=C1O. The van der Waals surface area contributed by atoms with Gasteiger partial charge in [0.05, 0.1) is 5.70 Å². The Morgan fingerprint density at radius 3 is 2.89 bits per heavy atom. The Labute approximate surface area is 105 Å². The van der Waals surface area contributed by atoms with Crippen LogP contribution in [0, 0.1) is 0 Å². The summed E-state index contributed by atoms with van der Waals surface area (Å²) in [6, 6.07) is 7.50. The molecule has 2 aliphatic rings. The molecule has 4 nitrogen and oxygen atoms in total. The van der Waals surface area contributed by atoms with Crippen molar-refractivity contribution < 1.29 is 14.6 Å². The van der Waals surface area contributed by atoms with E-state index in [0.717, 1.165) is 17.7 Å². The first-order chi connectivity index (χ1) is 8.68. The predicted octanol–water partition coefficient (Wildman–Crippen LogP) is 2.32. The van der Waals surface area contributed by atoms with Crippen molar-refractivity contribution in [2.75, 3.05) is 6.54 Å². The van der Waals surface area contributed by atoms with Crippen LogP contribution in [0.3, 0.4) is 0 Å². The van der Waals surface area contributed by atoms with Gasteiger partial charge in [0.2, 0.25) is 5.91 Å². The highest BCUT2D eigenvalue weighted by Gasteiger charge is 2.33. The second-order valence-corrected chi connectivity index (χ2v) is 4.64. The molecule has 0 bridgehead atoms. The van der Waals surface area contributed by atoms with Crippen LogP contribution in [0.1, 0.15) is 25.3 Å². The fraction of sp³-hybridized carbons (Fsp3) is 0.357. The molecule has 0 aliphatic carbocycles. The number of amides is 1. The molecule has 0 saturated carbocycles. The minimum absolute atomic E-state index is 0.0699. The zero-order valence-corrected chi connectivity index (χ0v) is 10.2. The zero-order chi connectivity index (χ0) is 12.7. The number of fused-ring (bicyclic) bond motifs is 1. The fourth-order valence-corrected chi connectivity index (χ4v) is 2.51. The number of hydrogen-bond acceptors (Lipinski definition) is 3. The molecule has 1 unspecified atom stereocenters. The maximum absolute atomic E-state index is 11.9. The lowest BCUT2D eigenvalue weighted by atomic mass is 10.0. The number of nitrogens with zero attached hydrogens (tertiary/aromatic N) is 1.